The summed E-state index contributed by atoms with van der Waals surface area (Å²) in [4.78, 5) is 39.8. The number of nitrogens with zero attached hydrogens (tertiary/aromatic N) is 1. The number of hydrogen-bond acceptors (Lipinski definition) is 5. The predicted octanol–water partition coefficient (Wildman–Crippen LogP) is 4.37. The van der Waals surface area contributed by atoms with Crippen molar-refractivity contribution in [3.63, 3.8) is 0 Å². The zero-order valence-electron chi connectivity index (χ0n) is 18.1. The lowest BCUT2D eigenvalue weighted by Gasteiger charge is -2.25. The second kappa shape index (κ2) is 8.35. The second-order valence-corrected chi connectivity index (χ2v) is 8.49. The molecule has 1 atom stereocenters. The maximum absolute atomic E-state index is 13.6. The number of nitrogens with two attached hydrogens (primary N) is 1. The predicted molar refractivity (Wildman–Crippen MR) is 128 cm³/mol. The van der Waals surface area contributed by atoms with E-state index in [4.69, 9.17) is 26.5 Å². The molecule has 1 aromatic heterocycles. The molecule has 8 heteroatoms. The minimum Gasteiger partial charge on any atom is -0.484 e. The van der Waals surface area contributed by atoms with Crippen molar-refractivity contribution in [2.75, 3.05) is 11.5 Å². The van der Waals surface area contributed by atoms with Crippen LogP contribution in [-0.2, 0) is 4.79 Å². The van der Waals surface area contributed by atoms with Crippen LogP contribution >= 0.6 is 11.6 Å². The topological polar surface area (TPSA) is 103 Å². The quantitative estimate of drug-likeness (QED) is 0.462. The van der Waals surface area contributed by atoms with E-state index in [-0.39, 0.29) is 23.4 Å². The van der Waals surface area contributed by atoms with Gasteiger partial charge in [-0.15, -0.1) is 0 Å². The van der Waals surface area contributed by atoms with E-state index in [1.54, 1.807) is 47.4 Å². The van der Waals surface area contributed by atoms with Crippen LogP contribution in [0.4, 0.5) is 5.69 Å². The summed E-state index contributed by atoms with van der Waals surface area (Å²) in [5.74, 6) is -0.561. The van der Waals surface area contributed by atoms with Crippen molar-refractivity contribution in [1.29, 1.82) is 0 Å². The second-order valence-electron chi connectivity index (χ2n) is 8.06. The first-order chi connectivity index (χ1) is 16.3. The molecule has 1 aliphatic rings. The summed E-state index contributed by atoms with van der Waals surface area (Å²) in [6, 6.07) is 18.3. The number of amides is 2. The Morgan fingerprint density at radius 2 is 1.85 bits per heavy atom. The molecule has 2 N–H and O–H groups in total. The van der Waals surface area contributed by atoms with Crippen LogP contribution in [0.15, 0.2) is 75.9 Å². The van der Waals surface area contributed by atoms with Gasteiger partial charge in [-0.3, -0.25) is 19.3 Å². The van der Waals surface area contributed by atoms with Gasteiger partial charge in [-0.2, -0.15) is 0 Å². The molecule has 0 saturated heterocycles. The average molecular weight is 475 g/mol. The SMILES string of the molecule is Cc1cccc(N2C(=O)c3oc4ccc(Cl)cc4c(=O)c3C2c2ccc(OCC(N)=O)cc2)c1. The smallest absolute Gasteiger partial charge is 0.295 e. The Morgan fingerprint density at radius 1 is 1.09 bits per heavy atom. The minimum atomic E-state index is -0.728. The molecule has 5 rings (SSSR count). The fraction of sp³-hybridized carbons (Fsp3) is 0.115. The Labute approximate surface area is 199 Å². The van der Waals surface area contributed by atoms with Gasteiger partial charge in [0.2, 0.25) is 5.76 Å². The molecule has 0 saturated carbocycles. The largest absolute Gasteiger partial charge is 0.484 e. The summed E-state index contributed by atoms with van der Waals surface area (Å²) in [5, 5.41) is 0.698. The number of anilines is 1. The number of halogens is 1. The van der Waals surface area contributed by atoms with Gasteiger partial charge in [0, 0.05) is 10.7 Å². The van der Waals surface area contributed by atoms with Crippen LogP contribution in [0.2, 0.25) is 5.02 Å². The molecular weight excluding hydrogens is 456 g/mol. The number of aryl methyl sites for hydroxylation is 1. The first-order valence-corrected chi connectivity index (χ1v) is 10.9. The number of primary amides is 1. The Kier molecular flexibility index (Phi) is 5.34. The first-order valence-electron chi connectivity index (χ1n) is 10.5. The zero-order chi connectivity index (χ0) is 24.0. The molecule has 0 bridgehead atoms. The van der Waals surface area contributed by atoms with Gasteiger partial charge in [-0.1, -0.05) is 35.9 Å². The molecule has 4 aromatic rings. The normalized spacial score (nSPS) is 14.9. The van der Waals surface area contributed by atoms with Crippen molar-refractivity contribution in [2.24, 2.45) is 5.73 Å². The maximum Gasteiger partial charge on any atom is 0.295 e. The molecule has 0 aliphatic carbocycles. The van der Waals surface area contributed by atoms with Crippen LogP contribution in [0.1, 0.15) is 33.3 Å². The van der Waals surface area contributed by atoms with Crippen LogP contribution in [0.3, 0.4) is 0 Å². The van der Waals surface area contributed by atoms with Gasteiger partial charge in [-0.05, 0) is 60.5 Å². The third-order valence-corrected chi connectivity index (χ3v) is 5.92. The molecule has 0 fully saturated rings. The number of ether oxygens (including phenoxy) is 1. The van der Waals surface area contributed by atoms with Gasteiger partial charge >= 0.3 is 0 Å². The molecule has 7 nitrogen and oxygen atoms in total. The van der Waals surface area contributed by atoms with Crippen molar-refractivity contribution in [2.45, 2.75) is 13.0 Å². The zero-order valence-corrected chi connectivity index (χ0v) is 18.8. The third kappa shape index (κ3) is 3.70. The standard InChI is InChI=1S/C26H19ClN2O5/c1-14-3-2-4-17(11-14)29-23(15-5-8-18(9-6-15)33-13-21(28)30)22-24(31)19-12-16(27)7-10-20(19)34-25(22)26(29)32/h2-12,23H,13H2,1H3,(H2,28,30). The Bertz CT molecular complexity index is 1510. The summed E-state index contributed by atoms with van der Waals surface area (Å²) in [6.07, 6.45) is 0. The van der Waals surface area contributed by atoms with Gasteiger partial charge in [0.25, 0.3) is 11.8 Å². The van der Waals surface area contributed by atoms with Crippen molar-refractivity contribution >= 4 is 40.1 Å². The van der Waals surface area contributed by atoms with Crippen LogP contribution in [0, 0.1) is 6.92 Å². The molecule has 2 heterocycles. The molecule has 170 valence electrons. The van der Waals surface area contributed by atoms with E-state index in [1.165, 1.54) is 0 Å². The lowest BCUT2D eigenvalue weighted by Crippen LogP contribution is -2.29. The highest BCUT2D eigenvalue weighted by Gasteiger charge is 2.43. The van der Waals surface area contributed by atoms with E-state index in [2.05, 4.69) is 0 Å². The summed E-state index contributed by atoms with van der Waals surface area (Å²) in [6.45, 7) is 1.67. The highest BCUT2D eigenvalue weighted by atomic mass is 35.5. The highest BCUT2D eigenvalue weighted by Crippen LogP contribution is 2.41. The molecule has 1 unspecified atom stereocenters. The molecule has 0 spiro atoms. The number of benzene rings is 3. The van der Waals surface area contributed by atoms with Gasteiger partial charge < -0.3 is 14.9 Å². The van der Waals surface area contributed by atoms with E-state index < -0.39 is 17.9 Å². The van der Waals surface area contributed by atoms with E-state index in [0.29, 0.717) is 33.0 Å². The first kappa shape index (κ1) is 21.7. The number of rotatable bonds is 5. The Hall–Kier alpha value is -4.10. The molecule has 34 heavy (non-hydrogen) atoms. The molecule has 1 aliphatic heterocycles. The van der Waals surface area contributed by atoms with Crippen molar-refractivity contribution in [3.8, 4) is 5.75 Å². The fourth-order valence-corrected chi connectivity index (χ4v) is 4.38. The monoisotopic (exact) mass is 474 g/mol. The molecule has 2 amide bonds. The van der Waals surface area contributed by atoms with Gasteiger partial charge in [0.1, 0.15) is 11.3 Å². The lowest BCUT2D eigenvalue weighted by molar-refractivity contribution is -0.119. The van der Waals surface area contributed by atoms with Gasteiger partial charge in [0.15, 0.2) is 12.0 Å². The number of carbonyl (C=O) groups excluding carboxylic acids is 2. The van der Waals surface area contributed by atoms with Crippen molar-refractivity contribution < 1.29 is 18.7 Å². The minimum absolute atomic E-state index is 0.000355. The number of hydrogen-bond donors (Lipinski definition) is 1. The molecular formula is C26H19ClN2O5. The fourth-order valence-electron chi connectivity index (χ4n) is 4.21. The van der Waals surface area contributed by atoms with Crippen LogP contribution < -0.4 is 20.8 Å². The summed E-state index contributed by atoms with van der Waals surface area (Å²) in [5.41, 5.74) is 7.64. The van der Waals surface area contributed by atoms with Crippen molar-refractivity contribution in [1.82, 2.24) is 0 Å². The van der Waals surface area contributed by atoms with E-state index in [1.807, 2.05) is 31.2 Å². The average Bonchev–Trinajstić information content (AvgIpc) is 3.11. The highest BCUT2D eigenvalue weighted by molar-refractivity contribution is 6.31. The third-order valence-electron chi connectivity index (χ3n) is 5.69. The molecule has 3 aromatic carbocycles. The van der Waals surface area contributed by atoms with E-state index in [9.17, 15) is 14.4 Å². The van der Waals surface area contributed by atoms with Crippen LogP contribution in [-0.4, -0.2) is 18.4 Å². The molecule has 0 radical (unpaired) electrons. The van der Waals surface area contributed by atoms with E-state index in [0.717, 1.165) is 5.56 Å². The Balaban J connectivity index is 1.70. The van der Waals surface area contributed by atoms with Crippen molar-refractivity contribution in [3.05, 3.63) is 104 Å². The summed E-state index contributed by atoms with van der Waals surface area (Å²) < 4.78 is 11.3. The lowest BCUT2D eigenvalue weighted by atomic mass is 9.98. The van der Waals surface area contributed by atoms with Gasteiger partial charge in [-0.25, -0.2) is 0 Å². The number of carbonyl (C=O) groups is 2. The number of fused-ring (bicyclic) bond motifs is 2. The van der Waals surface area contributed by atoms with E-state index >= 15 is 0 Å². The van der Waals surface area contributed by atoms with Crippen LogP contribution in [0.25, 0.3) is 11.0 Å². The van der Waals surface area contributed by atoms with Gasteiger partial charge in [0.05, 0.1) is 17.0 Å². The Morgan fingerprint density at radius 3 is 2.56 bits per heavy atom. The maximum atomic E-state index is 13.6. The summed E-state index contributed by atoms with van der Waals surface area (Å²) >= 11 is 6.13. The van der Waals surface area contributed by atoms with Crippen LogP contribution in [0.5, 0.6) is 5.75 Å². The summed E-state index contributed by atoms with van der Waals surface area (Å²) in [7, 11) is 0.